The summed E-state index contributed by atoms with van der Waals surface area (Å²) >= 11 is 0. The highest BCUT2D eigenvalue weighted by Crippen LogP contribution is 2.18. The van der Waals surface area contributed by atoms with Crippen molar-refractivity contribution in [2.75, 3.05) is 6.61 Å². The first-order valence-electron chi connectivity index (χ1n) is 4.41. The fourth-order valence-electron chi connectivity index (χ4n) is 1.26. The molecule has 2 aromatic heterocycles. The van der Waals surface area contributed by atoms with E-state index in [-0.39, 0.29) is 12.5 Å². The lowest BCUT2D eigenvalue weighted by atomic mass is 10.0. The highest BCUT2D eigenvalue weighted by molar-refractivity contribution is 5.18. The molecule has 2 aromatic rings. The largest absolute Gasteiger partial charge is 0.395 e. The van der Waals surface area contributed by atoms with Gasteiger partial charge in [0.05, 0.1) is 19.6 Å². The molecule has 0 spiro atoms. The Kier molecular flexibility index (Phi) is 2.64. The van der Waals surface area contributed by atoms with E-state index in [1.807, 2.05) is 0 Å². The number of aryl methyl sites for hydroxylation is 1. The van der Waals surface area contributed by atoms with Crippen molar-refractivity contribution >= 4 is 0 Å². The lowest BCUT2D eigenvalue weighted by Gasteiger charge is -2.07. The van der Waals surface area contributed by atoms with Crippen molar-refractivity contribution in [2.45, 2.75) is 5.92 Å². The van der Waals surface area contributed by atoms with Gasteiger partial charge in [0.2, 0.25) is 0 Å². The van der Waals surface area contributed by atoms with Crippen LogP contribution in [0.5, 0.6) is 0 Å². The Labute approximate surface area is 85.8 Å². The molecule has 0 saturated heterocycles. The van der Waals surface area contributed by atoms with Crippen molar-refractivity contribution in [1.29, 1.82) is 0 Å². The van der Waals surface area contributed by atoms with Crippen LogP contribution in [0.3, 0.4) is 0 Å². The number of hydrogen-bond acceptors (Lipinski definition) is 6. The van der Waals surface area contributed by atoms with Crippen LogP contribution in [0.2, 0.25) is 0 Å². The minimum absolute atomic E-state index is 0.0981. The van der Waals surface area contributed by atoms with E-state index in [1.54, 1.807) is 19.4 Å². The molecule has 7 nitrogen and oxygen atoms in total. The molecular formula is C8H10N6O. The van der Waals surface area contributed by atoms with Gasteiger partial charge >= 0.3 is 0 Å². The molecule has 0 aliphatic heterocycles. The zero-order valence-electron chi connectivity index (χ0n) is 8.15. The SMILES string of the molecule is Cn1nnc(C(CO)c2cncnc2)n1. The molecule has 2 heterocycles. The Balaban J connectivity index is 2.33. The lowest BCUT2D eigenvalue weighted by molar-refractivity contribution is 0.276. The quantitative estimate of drug-likeness (QED) is 0.701. The average Bonchev–Trinajstić information content (AvgIpc) is 2.68. The minimum Gasteiger partial charge on any atom is -0.395 e. The molecule has 0 aliphatic carbocycles. The zero-order valence-corrected chi connectivity index (χ0v) is 8.15. The molecule has 0 bridgehead atoms. The Morgan fingerprint density at radius 2 is 2.13 bits per heavy atom. The van der Waals surface area contributed by atoms with Crippen LogP contribution in [0, 0.1) is 0 Å². The van der Waals surface area contributed by atoms with Crippen molar-refractivity contribution in [2.24, 2.45) is 7.05 Å². The standard InChI is InChI=1S/C8H10N6O/c1-14-12-8(11-13-14)7(4-15)6-2-9-5-10-3-6/h2-3,5,7,15H,4H2,1H3. The van der Waals surface area contributed by atoms with E-state index in [4.69, 9.17) is 0 Å². The number of aliphatic hydroxyl groups excluding tert-OH is 1. The minimum atomic E-state index is -0.320. The summed E-state index contributed by atoms with van der Waals surface area (Å²) in [6.07, 6.45) is 4.69. The number of tetrazole rings is 1. The molecule has 0 radical (unpaired) electrons. The monoisotopic (exact) mass is 206 g/mol. The summed E-state index contributed by atoms with van der Waals surface area (Å²) in [6, 6.07) is 0. The topological polar surface area (TPSA) is 89.6 Å². The van der Waals surface area contributed by atoms with E-state index >= 15 is 0 Å². The third-order valence-electron chi connectivity index (χ3n) is 2.00. The number of nitrogens with zero attached hydrogens (tertiary/aromatic N) is 6. The smallest absolute Gasteiger partial charge is 0.184 e. The second kappa shape index (κ2) is 4.09. The molecule has 0 aromatic carbocycles. The highest BCUT2D eigenvalue weighted by Gasteiger charge is 2.18. The number of aromatic nitrogens is 6. The molecule has 1 N–H and O–H groups in total. The first-order valence-corrected chi connectivity index (χ1v) is 4.41. The Bertz CT molecular complexity index is 428. The molecule has 0 saturated carbocycles. The van der Waals surface area contributed by atoms with Crippen molar-refractivity contribution in [3.8, 4) is 0 Å². The van der Waals surface area contributed by atoms with Gasteiger partial charge in [0, 0.05) is 18.0 Å². The second-order valence-corrected chi connectivity index (χ2v) is 3.04. The van der Waals surface area contributed by atoms with E-state index in [2.05, 4.69) is 25.4 Å². The number of hydrogen-bond donors (Lipinski definition) is 1. The Hall–Kier alpha value is -1.89. The van der Waals surface area contributed by atoms with Crippen LogP contribution < -0.4 is 0 Å². The fraction of sp³-hybridized carbons (Fsp3) is 0.375. The molecule has 78 valence electrons. The van der Waals surface area contributed by atoms with Gasteiger partial charge in [-0.25, -0.2) is 9.97 Å². The molecule has 1 unspecified atom stereocenters. The van der Waals surface area contributed by atoms with E-state index in [1.165, 1.54) is 11.1 Å². The van der Waals surface area contributed by atoms with Crippen LogP contribution in [0.1, 0.15) is 17.3 Å². The van der Waals surface area contributed by atoms with Gasteiger partial charge in [-0.1, -0.05) is 0 Å². The molecule has 1 atom stereocenters. The number of rotatable bonds is 3. The van der Waals surface area contributed by atoms with Gasteiger partial charge in [-0.15, -0.1) is 10.2 Å². The van der Waals surface area contributed by atoms with Gasteiger partial charge in [-0.2, -0.15) is 4.80 Å². The number of aliphatic hydroxyl groups is 1. The summed E-state index contributed by atoms with van der Waals surface area (Å²) < 4.78 is 0. The average molecular weight is 206 g/mol. The second-order valence-electron chi connectivity index (χ2n) is 3.04. The van der Waals surface area contributed by atoms with Crippen LogP contribution in [0.4, 0.5) is 0 Å². The van der Waals surface area contributed by atoms with E-state index in [0.717, 1.165) is 5.56 Å². The van der Waals surface area contributed by atoms with Crippen molar-refractivity contribution in [3.05, 3.63) is 30.1 Å². The Morgan fingerprint density at radius 1 is 1.40 bits per heavy atom. The summed E-state index contributed by atoms with van der Waals surface area (Å²) in [6.45, 7) is -0.0981. The predicted octanol–water partition coefficient (Wildman–Crippen LogP) is -0.876. The maximum atomic E-state index is 9.27. The van der Waals surface area contributed by atoms with Gasteiger partial charge in [0.1, 0.15) is 6.33 Å². The van der Waals surface area contributed by atoms with E-state index < -0.39 is 0 Å². The normalized spacial score (nSPS) is 12.7. The molecule has 7 heteroatoms. The van der Waals surface area contributed by atoms with Crippen molar-refractivity contribution in [3.63, 3.8) is 0 Å². The van der Waals surface area contributed by atoms with Crippen molar-refractivity contribution in [1.82, 2.24) is 30.2 Å². The predicted molar refractivity (Wildman–Crippen MR) is 49.8 cm³/mol. The van der Waals surface area contributed by atoms with Gasteiger partial charge in [0.15, 0.2) is 5.82 Å². The van der Waals surface area contributed by atoms with Gasteiger partial charge < -0.3 is 5.11 Å². The third-order valence-corrected chi connectivity index (χ3v) is 2.00. The van der Waals surface area contributed by atoms with Crippen LogP contribution in [-0.4, -0.2) is 41.9 Å². The summed E-state index contributed by atoms with van der Waals surface area (Å²) in [5.74, 6) is 0.148. The molecule has 0 amide bonds. The first-order chi connectivity index (χ1) is 7.31. The van der Waals surface area contributed by atoms with Crippen molar-refractivity contribution < 1.29 is 5.11 Å². The van der Waals surface area contributed by atoms with Gasteiger partial charge in [0.25, 0.3) is 0 Å². The summed E-state index contributed by atoms with van der Waals surface area (Å²) in [4.78, 5) is 9.11. The highest BCUT2D eigenvalue weighted by atomic mass is 16.3. The van der Waals surface area contributed by atoms with Gasteiger partial charge in [-0.05, 0) is 5.21 Å². The molecule has 15 heavy (non-hydrogen) atoms. The lowest BCUT2D eigenvalue weighted by Crippen LogP contribution is -2.09. The van der Waals surface area contributed by atoms with Crippen LogP contribution >= 0.6 is 0 Å². The van der Waals surface area contributed by atoms with Crippen LogP contribution in [0.25, 0.3) is 0 Å². The first kappa shape index (κ1) is 9.66. The van der Waals surface area contributed by atoms with Gasteiger partial charge in [-0.3, -0.25) is 0 Å². The molecule has 0 fully saturated rings. The fourth-order valence-corrected chi connectivity index (χ4v) is 1.26. The molecule has 0 aliphatic rings. The zero-order chi connectivity index (χ0) is 10.7. The summed E-state index contributed by atoms with van der Waals surface area (Å²) in [5.41, 5.74) is 0.771. The molecule has 2 rings (SSSR count). The maximum absolute atomic E-state index is 9.27. The van der Waals surface area contributed by atoms with Crippen LogP contribution in [-0.2, 0) is 7.05 Å². The maximum Gasteiger partial charge on any atom is 0.184 e. The Morgan fingerprint density at radius 3 is 2.67 bits per heavy atom. The van der Waals surface area contributed by atoms with Crippen LogP contribution in [0.15, 0.2) is 18.7 Å². The summed E-state index contributed by atoms with van der Waals surface area (Å²) in [7, 11) is 1.67. The van der Waals surface area contributed by atoms with E-state index in [9.17, 15) is 5.11 Å². The third kappa shape index (κ3) is 1.96. The summed E-state index contributed by atoms with van der Waals surface area (Å²) in [5, 5.41) is 20.9. The van der Waals surface area contributed by atoms with E-state index in [0.29, 0.717) is 5.82 Å². The molecular weight excluding hydrogens is 196 g/mol.